The van der Waals surface area contributed by atoms with Gasteiger partial charge in [-0.3, -0.25) is 0 Å². The molecule has 0 spiro atoms. The highest BCUT2D eigenvalue weighted by molar-refractivity contribution is 5.88. The molecule has 2 heterocycles. The molecule has 46 heavy (non-hydrogen) atoms. The van der Waals surface area contributed by atoms with Crippen LogP contribution in [0.5, 0.6) is 0 Å². The molecule has 256 valence electrons. The highest BCUT2D eigenvalue weighted by Crippen LogP contribution is 2.24. The molecule has 0 saturated carbocycles. The Hall–Kier alpha value is -3.28. The van der Waals surface area contributed by atoms with E-state index in [9.17, 15) is 50.4 Å². The van der Waals surface area contributed by atoms with Crippen LogP contribution in [-0.4, -0.2) is 127 Å². The fourth-order valence-electron chi connectivity index (χ4n) is 4.08. The number of hydrogen-bond donors (Lipinski definition) is 8. The Morgan fingerprint density at radius 1 is 0.543 bits per heavy atom. The Kier molecular flexibility index (Phi) is 15.9. The SMILES string of the molecule is CC(=C/C=C/C=C(C)/C=C/C=C(\C)C(=O)O[C@@H]1O[C@H](CO)[C@@H](O)[C@H](O)[C@H]1O)/C=C/C=C(\C)C(=O)O[C@@H]1O[C@H](CO)[C@@H](O)[C@H](O)[C@H]1O. The van der Waals surface area contributed by atoms with Crippen molar-refractivity contribution in [1.82, 2.24) is 0 Å². The summed E-state index contributed by atoms with van der Waals surface area (Å²) >= 11 is 0. The van der Waals surface area contributed by atoms with Crippen molar-refractivity contribution in [3.05, 3.63) is 83.1 Å². The topological polar surface area (TPSA) is 233 Å². The fraction of sp³-hybridized carbons (Fsp3) is 0.500. The van der Waals surface area contributed by atoms with E-state index >= 15 is 0 Å². The number of carbonyl (C=O) groups excluding carboxylic acids is 2. The summed E-state index contributed by atoms with van der Waals surface area (Å²) in [4.78, 5) is 24.7. The Morgan fingerprint density at radius 3 is 1.22 bits per heavy atom. The van der Waals surface area contributed by atoms with Crippen molar-refractivity contribution in [2.24, 2.45) is 0 Å². The highest BCUT2D eigenvalue weighted by atomic mass is 16.7. The van der Waals surface area contributed by atoms with Crippen LogP contribution >= 0.6 is 0 Å². The van der Waals surface area contributed by atoms with E-state index in [4.69, 9.17) is 18.9 Å². The van der Waals surface area contributed by atoms with E-state index in [1.807, 2.05) is 26.0 Å². The monoisotopic (exact) mass is 652 g/mol. The van der Waals surface area contributed by atoms with Crippen LogP contribution in [0.3, 0.4) is 0 Å². The molecule has 0 unspecified atom stereocenters. The molecule has 0 amide bonds. The number of aliphatic hydroxyl groups excluding tert-OH is 8. The molecule has 0 aromatic heterocycles. The number of carbonyl (C=O) groups is 2. The van der Waals surface area contributed by atoms with E-state index < -0.39 is 86.6 Å². The van der Waals surface area contributed by atoms with Gasteiger partial charge >= 0.3 is 11.9 Å². The molecule has 10 atom stereocenters. The van der Waals surface area contributed by atoms with Gasteiger partial charge in [0.15, 0.2) is 0 Å². The first-order valence-corrected chi connectivity index (χ1v) is 14.5. The van der Waals surface area contributed by atoms with Crippen LogP contribution in [0.15, 0.2) is 83.1 Å². The van der Waals surface area contributed by atoms with Crippen LogP contribution in [0.1, 0.15) is 27.7 Å². The third-order valence-electron chi connectivity index (χ3n) is 7.03. The van der Waals surface area contributed by atoms with E-state index in [1.54, 1.807) is 36.5 Å². The van der Waals surface area contributed by atoms with Gasteiger partial charge < -0.3 is 59.8 Å². The molecule has 0 aromatic rings. The maximum atomic E-state index is 12.3. The van der Waals surface area contributed by atoms with Crippen LogP contribution in [0.25, 0.3) is 0 Å². The van der Waals surface area contributed by atoms with E-state index in [-0.39, 0.29) is 11.1 Å². The Bertz CT molecular complexity index is 1150. The molecule has 2 aliphatic heterocycles. The third kappa shape index (κ3) is 11.2. The summed E-state index contributed by atoms with van der Waals surface area (Å²) < 4.78 is 20.5. The second-order valence-corrected chi connectivity index (χ2v) is 10.8. The molecule has 2 rings (SSSR count). The Morgan fingerprint density at radius 2 is 0.891 bits per heavy atom. The minimum absolute atomic E-state index is 0.174. The molecular formula is C32H44O14. The standard InChI is InChI=1S/C32H44O14/c1-17(11-7-13-19(3)29(41)45-31-27(39)25(37)23(35)21(15-33)43-31)9-5-6-10-18(2)12-8-14-20(4)30(42)46-32-28(40)26(38)24(36)22(16-34)44-32/h5-14,21-28,31-40H,15-16H2,1-4H3/b6-5+,11-7+,12-8+,17-9-,18-10+,19-13+,20-14+/t21-,22-,23-,24-,25+,26+,27-,28-,31+,32+/m1/s1. The zero-order valence-corrected chi connectivity index (χ0v) is 26.0. The Labute approximate surface area is 266 Å². The van der Waals surface area contributed by atoms with Gasteiger partial charge in [-0.2, -0.15) is 0 Å². The first kappa shape index (κ1) is 38.9. The molecule has 0 radical (unpaired) electrons. The summed E-state index contributed by atoms with van der Waals surface area (Å²) in [5.74, 6) is -1.64. The van der Waals surface area contributed by atoms with E-state index in [2.05, 4.69) is 0 Å². The van der Waals surface area contributed by atoms with Gasteiger partial charge in [-0.05, 0) is 27.7 Å². The molecule has 14 heteroatoms. The highest BCUT2D eigenvalue weighted by Gasteiger charge is 2.46. The van der Waals surface area contributed by atoms with Gasteiger partial charge in [0.1, 0.15) is 48.8 Å². The normalized spacial score (nSPS) is 33.7. The molecule has 2 saturated heterocycles. The molecule has 14 nitrogen and oxygen atoms in total. The van der Waals surface area contributed by atoms with Crippen molar-refractivity contribution in [1.29, 1.82) is 0 Å². The first-order chi connectivity index (χ1) is 21.7. The van der Waals surface area contributed by atoms with Gasteiger partial charge in [0, 0.05) is 11.1 Å². The van der Waals surface area contributed by atoms with Gasteiger partial charge in [-0.15, -0.1) is 0 Å². The third-order valence-corrected chi connectivity index (χ3v) is 7.03. The summed E-state index contributed by atoms with van der Waals surface area (Å²) in [5, 5.41) is 77.8. The average molecular weight is 653 g/mol. The molecule has 8 N–H and O–H groups in total. The maximum Gasteiger partial charge on any atom is 0.336 e. The van der Waals surface area contributed by atoms with Crippen molar-refractivity contribution in [2.45, 2.75) is 89.1 Å². The molecule has 2 aliphatic rings. The van der Waals surface area contributed by atoms with Crippen LogP contribution in [-0.2, 0) is 28.5 Å². The average Bonchev–Trinajstić information content (AvgIpc) is 3.03. The van der Waals surface area contributed by atoms with Crippen molar-refractivity contribution in [3.8, 4) is 0 Å². The van der Waals surface area contributed by atoms with Gasteiger partial charge in [0.2, 0.25) is 12.6 Å². The first-order valence-electron chi connectivity index (χ1n) is 14.5. The summed E-state index contributed by atoms with van der Waals surface area (Å²) in [7, 11) is 0. The predicted octanol–water partition coefficient (Wildman–Crippen LogP) is -0.874. The second-order valence-electron chi connectivity index (χ2n) is 10.8. The van der Waals surface area contributed by atoms with Crippen LogP contribution in [0, 0.1) is 0 Å². The quantitative estimate of drug-likeness (QED) is 0.0728. The van der Waals surface area contributed by atoms with Crippen molar-refractivity contribution in [2.75, 3.05) is 13.2 Å². The van der Waals surface area contributed by atoms with E-state index in [1.165, 1.54) is 26.0 Å². The van der Waals surface area contributed by atoms with Crippen LogP contribution in [0.4, 0.5) is 0 Å². The zero-order chi connectivity index (χ0) is 34.6. The van der Waals surface area contributed by atoms with Gasteiger partial charge in [-0.1, -0.05) is 71.9 Å². The summed E-state index contributed by atoms with van der Waals surface area (Å²) in [6, 6.07) is 0. The van der Waals surface area contributed by atoms with Gasteiger partial charge in [0.05, 0.1) is 13.2 Å². The van der Waals surface area contributed by atoms with Crippen molar-refractivity contribution >= 4 is 11.9 Å². The molecular weight excluding hydrogens is 608 g/mol. The second kappa shape index (κ2) is 18.8. The van der Waals surface area contributed by atoms with E-state index in [0.29, 0.717) is 0 Å². The van der Waals surface area contributed by atoms with Gasteiger partial charge in [0.25, 0.3) is 0 Å². The smallest absolute Gasteiger partial charge is 0.336 e. The van der Waals surface area contributed by atoms with Crippen LogP contribution in [0.2, 0.25) is 0 Å². The van der Waals surface area contributed by atoms with Crippen molar-refractivity contribution in [3.63, 3.8) is 0 Å². The number of esters is 2. The largest absolute Gasteiger partial charge is 0.429 e. The lowest BCUT2D eigenvalue weighted by molar-refractivity contribution is -0.291. The number of allylic oxidation sites excluding steroid dienone is 12. The molecule has 0 aromatic carbocycles. The summed E-state index contributed by atoms with van der Waals surface area (Å²) in [6.45, 7) is 5.36. The van der Waals surface area contributed by atoms with Crippen LogP contribution < -0.4 is 0 Å². The molecule has 0 aliphatic carbocycles. The summed E-state index contributed by atoms with van der Waals surface area (Å²) in [5.41, 5.74) is 2.04. The van der Waals surface area contributed by atoms with E-state index in [0.717, 1.165) is 11.1 Å². The molecule has 0 bridgehead atoms. The number of rotatable bonds is 12. The lowest BCUT2D eigenvalue weighted by atomic mass is 9.99. The summed E-state index contributed by atoms with van der Waals surface area (Å²) in [6.07, 6.45) is 1.59. The molecule has 2 fully saturated rings. The maximum absolute atomic E-state index is 12.3. The van der Waals surface area contributed by atoms with Crippen molar-refractivity contribution < 1.29 is 69.4 Å². The lowest BCUT2D eigenvalue weighted by Gasteiger charge is -2.39. The lowest BCUT2D eigenvalue weighted by Crippen LogP contribution is -2.59. The predicted molar refractivity (Wildman–Crippen MR) is 162 cm³/mol. The zero-order valence-electron chi connectivity index (χ0n) is 26.0. The minimum Gasteiger partial charge on any atom is -0.429 e. The number of ether oxygens (including phenoxy) is 4. The Balaban J connectivity index is 1.86. The number of aliphatic hydroxyl groups is 8. The minimum atomic E-state index is -1.69. The fourth-order valence-corrected chi connectivity index (χ4v) is 4.08. The number of hydrogen-bond acceptors (Lipinski definition) is 14. The van der Waals surface area contributed by atoms with Gasteiger partial charge in [-0.25, -0.2) is 9.59 Å².